The van der Waals surface area contributed by atoms with Crippen LogP contribution in [0.1, 0.15) is 30.4 Å². The summed E-state index contributed by atoms with van der Waals surface area (Å²) in [6.07, 6.45) is 1.73. The zero-order valence-electron chi connectivity index (χ0n) is 16.7. The van der Waals surface area contributed by atoms with Crippen molar-refractivity contribution in [2.24, 2.45) is 0 Å². The van der Waals surface area contributed by atoms with Crippen LogP contribution in [-0.4, -0.2) is 33.9 Å². The smallest absolute Gasteiger partial charge is 0.240 e. The summed E-state index contributed by atoms with van der Waals surface area (Å²) in [5, 5.41) is 5.54. The van der Waals surface area contributed by atoms with Crippen LogP contribution < -0.4 is 20.1 Å². The summed E-state index contributed by atoms with van der Waals surface area (Å²) in [6.45, 7) is 0.319. The number of fused-ring (bicyclic) bond motifs is 1. The fourth-order valence-electron chi connectivity index (χ4n) is 3.17. The third-order valence-electron chi connectivity index (χ3n) is 4.78. The van der Waals surface area contributed by atoms with Crippen LogP contribution in [0.25, 0.3) is 0 Å². The summed E-state index contributed by atoms with van der Waals surface area (Å²) in [6, 6.07) is 12.0. The van der Waals surface area contributed by atoms with Crippen LogP contribution in [0.15, 0.2) is 47.4 Å². The normalized spacial score (nSPS) is 13.7. The van der Waals surface area contributed by atoms with Crippen molar-refractivity contribution in [2.45, 2.75) is 37.1 Å². The van der Waals surface area contributed by atoms with E-state index in [0.717, 1.165) is 11.1 Å². The Balaban J connectivity index is 1.51. The molecular weight excluding hydrogens is 406 g/mol. The highest BCUT2D eigenvalue weighted by molar-refractivity contribution is 7.89. The van der Waals surface area contributed by atoms with E-state index in [1.807, 2.05) is 24.3 Å². The van der Waals surface area contributed by atoms with Crippen LogP contribution in [0.5, 0.6) is 5.75 Å². The third kappa shape index (κ3) is 5.80. The number of benzene rings is 2. The van der Waals surface area contributed by atoms with E-state index in [1.165, 1.54) is 6.07 Å². The van der Waals surface area contributed by atoms with E-state index in [9.17, 15) is 18.0 Å². The predicted molar refractivity (Wildman–Crippen MR) is 113 cm³/mol. The Kier molecular flexibility index (Phi) is 7.07. The zero-order chi connectivity index (χ0) is 21.6. The molecule has 8 nitrogen and oxygen atoms in total. The molecule has 0 aromatic heterocycles. The van der Waals surface area contributed by atoms with Gasteiger partial charge in [0.25, 0.3) is 0 Å². The van der Waals surface area contributed by atoms with Gasteiger partial charge in [-0.1, -0.05) is 12.1 Å². The number of ether oxygens (including phenoxy) is 1. The summed E-state index contributed by atoms with van der Waals surface area (Å²) in [5.74, 6) is 0.377. The van der Waals surface area contributed by atoms with Gasteiger partial charge >= 0.3 is 0 Å². The fraction of sp³-hybridized carbons (Fsp3) is 0.333. The average Bonchev–Trinajstić information content (AvgIpc) is 2.92. The van der Waals surface area contributed by atoms with Crippen molar-refractivity contribution in [3.05, 3.63) is 53.6 Å². The van der Waals surface area contributed by atoms with Gasteiger partial charge in [-0.15, -0.1) is 0 Å². The molecule has 1 aliphatic heterocycles. The largest absolute Gasteiger partial charge is 0.497 e. The molecule has 0 saturated carbocycles. The summed E-state index contributed by atoms with van der Waals surface area (Å²) in [5.41, 5.74) is 2.33. The number of nitrogens with one attached hydrogen (secondary N) is 3. The van der Waals surface area contributed by atoms with E-state index in [-0.39, 0.29) is 29.7 Å². The lowest BCUT2D eigenvalue weighted by atomic mass is 10.1. The minimum atomic E-state index is -3.75. The number of anilines is 1. The van der Waals surface area contributed by atoms with Gasteiger partial charge in [-0.3, -0.25) is 9.59 Å². The van der Waals surface area contributed by atoms with Crippen molar-refractivity contribution in [3.8, 4) is 5.75 Å². The maximum absolute atomic E-state index is 12.6. The number of hydrogen-bond acceptors (Lipinski definition) is 5. The summed E-state index contributed by atoms with van der Waals surface area (Å²) in [4.78, 5) is 23.8. The highest BCUT2D eigenvalue weighted by Gasteiger charge is 2.19. The van der Waals surface area contributed by atoms with E-state index >= 15 is 0 Å². The van der Waals surface area contributed by atoms with Crippen LogP contribution in [-0.2, 0) is 32.6 Å². The molecule has 0 radical (unpaired) electrons. The Morgan fingerprint density at radius 2 is 2.00 bits per heavy atom. The van der Waals surface area contributed by atoms with E-state index in [4.69, 9.17) is 4.74 Å². The molecular formula is C21H25N3O5S. The van der Waals surface area contributed by atoms with Crippen LogP contribution in [0, 0.1) is 0 Å². The van der Waals surface area contributed by atoms with Crippen molar-refractivity contribution in [1.82, 2.24) is 10.0 Å². The van der Waals surface area contributed by atoms with Crippen LogP contribution in [0.3, 0.4) is 0 Å². The second-order valence-corrected chi connectivity index (χ2v) is 8.76. The molecule has 1 aliphatic rings. The maximum atomic E-state index is 12.6. The van der Waals surface area contributed by atoms with Crippen molar-refractivity contribution < 1.29 is 22.7 Å². The first-order valence-corrected chi connectivity index (χ1v) is 11.2. The Morgan fingerprint density at radius 3 is 2.80 bits per heavy atom. The number of methoxy groups -OCH3 is 1. The number of hydrogen-bond donors (Lipinski definition) is 3. The molecule has 1 heterocycles. The first-order valence-electron chi connectivity index (χ1n) is 9.69. The first-order chi connectivity index (χ1) is 14.4. The number of amides is 2. The highest BCUT2D eigenvalue weighted by Crippen LogP contribution is 2.25. The molecule has 3 N–H and O–H groups in total. The summed E-state index contributed by atoms with van der Waals surface area (Å²) in [7, 11) is -2.18. The van der Waals surface area contributed by atoms with E-state index in [2.05, 4.69) is 15.4 Å². The standard InChI is InChI=1S/C21H25N3O5S/c1-29-17-6-2-4-15(12-17)14-22-20(25)10-11-23-30(27,28)18-8-9-19-16(13-18)5-3-7-21(26)24-19/h2,4,6,8-9,12-13,23H,3,5,7,10-11,14H2,1H3,(H,22,25)(H,24,26). The Morgan fingerprint density at radius 1 is 1.17 bits per heavy atom. The molecule has 0 bridgehead atoms. The molecule has 2 aromatic carbocycles. The second-order valence-electron chi connectivity index (χ2n) is 7.00. The predicted octanol–water partition coefficient (Wildman–Crippen LogP) is 1.95. The molecule has 0 fully saturated rings. The molecule has 0 spiro atoms. The lowest BCUT2D eigenvalue weighted by Crippen LogP contribution is -2.30. The number of aryl methyl sites for hydroxylation is 1. The molecule has 0 unspecified atom stereocenters. The lowest BCUT2D eigenvalue weighted by Gasteiger charge is -2.11. The molecule has 30 heavy (non-hydrogen) atoms. The second kappa shape index (κ2) is 9.73. The third-order valence-corrected chi connectivity index (χ3v) is 6.24. The van der Waals surface area contributed by atoms with Gasteiger partial charge in [0, 0.05) is 31.6 Å². The van der Waals surface area contributed by atoms with Gasteiger partial charge in [0.15, 0.2) is 0 Å². The van der Waals surface area contributed by atoms with E-state index in [0.29, 0.717) is 37.2 Å². The first kappa shape index (κ1) is 21.8. The van der Waals surface area contributed by atoms with Gasteiger partial charge in [0.1, 0.15) is 5.75 Å². The Hall–Kier alpha value is -2.91. The summed E-state index contributed by atoms with van der Waals surface area (Å²) < 4.78 is 32.7. The van der Waals surface area contributed by atoms with Gasteiger partial charge in [0.2, 0.25) is 21.8 Å². The molecule has 2 aromatic rings. The van der Waals surface area contributed by atoms with Crippen molar-refractivity contribution in [3.63, 3.8) is 0 Å². The van der Waals surface area contributed by atoms with Gasteiger partial charge in [-0.25, -0.2) is 13.1 Å². The fourth-order valence-corrected chi connectivity index (χ4v) is 4.25. The van der Waals surface area contributed by atoms with E-state index < -0.39 is 10.0 Å². The molecule has 0 aliphatic carbocycles. The maximum Gasteiger partial charge on any atom is 0.240 e. The van der Waals surface area contributed by atoms with Gasteiger partial charge < -0.3 is 15.4 Å². The van der Waals surface area contributed by atoms with Gasteiger partial charge in [-0.05, 0) is 54.3 Å². The number of rotatable bonds is 8. The molecule has 9 heteroatoms. The Labute approximate surface area is 176 Å². The number of carbonyl (C=O) groups excluding carboxylic acids is 2. The molecule has 0 saturated heterocycles. The minimum absolute atomic E-state index is 0.0138. The van der Waals surface area contributed by atoms with Crippen molar-refractivity contribution in [1.29, 1.82) is 0 Å². The minimum Gasteiger partial charge on any atom is -0.497 e. The van der Waals surface area contributed by atoms with Gasteiger partial charge in [-0.2, -0.15) is 0 Å². The number of carbonyl (C=O) groups is 2. The average molecular weight is 432 g/mol. The lowest BCUT2D eigenvalue weighted by molar-refractivity contribution is -0.121. The highest BCUT2D eigenvalue weighted by atomic mass is 32.2. The monoisotopic (exact) mass is 431 g/mol. The van der Waals surface area contributed by atoms with Crippen LogP contribution in [0.2, 0.25) is 0 Å². The van der Waals surface area contributed by atoms with Crippen molar-refractivity contribution >= 4 is 27.5 Å². The number of sulfonamides is 1. The molecule has 3 rings (SSSR count). The van der Waals surface area contributed by atoms with Crippen LogP contribution >= 0.6 is 0 Å². The summed E-state index contributed by atoms with van der Waals surface area (Å²) >= 11 is 0. The van der Waals surface area contributed by atoms with Crippen molar-refractivity contribution in [2.75, 3.05) is 19.0 Å². The molecule has 2 amide bonds. The Bertz CT molecular complexity index is 1040. The zero-order valence-corrected chi connectivity index (χ0v) is 17.6. The SMILES string of the molecule is COc1cccc(CNC(=O)CCNS(=O)(=O)c2ccc3c(c2)CCCC(=O)N3)c1. The van der Waals surface area contributed by atoms with Crippen LogP contribution in [0.4, 0.5) is 5.69 Å². The molecule has 0 atom stereocenters. The quantitative estimate of drug-likeness (QED) is 0.591. The topological polar surface area (TPSA) is 114 Å². The van der Waals surface area contributed by atoms with Gasteiger partial charge in [0.05, 0.1) is 12.0 Å². The molecule has 160 valence electrons. The van der Waals surface area contributed by atoms with E-state index in [1.54, 1.807) is 19.2 Å².